The van der Waals surface area contributed by atoms with Gasteiger partial charge in [0.2, 0.25) is 0 Å². The second-order valence-electron chi connectivity index (χ2n) is 5.34. The lowest BCUT2D eigenvalue weighted by Gasteiger charge is -2.49. The predicted octanol–water partition coefficient (Wildman–Crippen LogP) is 2.04. The van der Waals surface area contributed by atoms with Crippen LogP contribution in [0.5, 0.6) is 0 Å². The highest BCUT2D eigenvalue weighted by Gasteiger charge is 2.46. The minimum Gasteiger partial charge on any atom is -0.386 e. The summed E-state index contributed by atoms with van der Waals surface area (Å²) >= 11 is 1.98. The first-order valence-electron chi connectivity index (χ1n) is 6.20. The highest BCUT2D eigenvalue weighted by Crippen LogP contribution is 2.31. The summed E-state index contributed by atoms with van der Waals surface area (Å²) < 4.78 is 0.665. The number of hydrogen-bond donors (Lipinski definition) is 1. The van der Waals surface area contributed by atoms with Crippen LogP contribution in [0.2, 0.25) is 0 Å². The summed E-state index contributed by atoms with van der Waals surface area (Å²) in [6.07, 6.45) is 0. The molecular weight excluding hydrogens is 375 g/mol. The van der Waals surface area contributed by atoms with Gasteiger partial charge in [-0.25, -0.2) is 0 Å². The summed E-state index contributed by atoms with van der Waals surface area (Å²) in [7, 11) is 0. The van der Waals surface area contributed by atoms with Gasteiger partial charge in [0.05, 0.1) is 23.6 Å². The van der Waals surface area contributed by atoms with Crippen LogP contribution >= 0.6 is 22.6 Å². The molecule has 1 heterocycles. The van der Waals surface area contributed by atoms with Crippen molar-refractivity contribution in [2.24, 2.45) is 5.92 Å². The van der Waals surface area contributed by atoms with Crippen molar-refractivity contribution in [1.82, 2.24) is 4.90 Å². The molecule has 7 heteroatoms. The standard InChI is InChI=1S/C13H15IN2O4/c1-8(2)13(18)6-15(7-13)12(17)10-5-9(16(19)20)3-4-11(10)14/h3-5,8,18H,6-7H2,1-2H3. The number of carbonyl (C=O) groups is 1. The SMILES string of the molecule is CC(C)C1(O)CN(C(=O)c2cc([N+](=O)[O-])ccc2I)C1. The zero-order valence-electron chi connectivity index (χ0n) is 11.2. The Balaban J connectivity index is 2.19. The molecule has 2 rings (SSSR count). The Bertz CT molecular complexity index is 567. The molecule has 0 spiro atoms. The first kappa shape index (κ1) is 15.2. The minimum absolute atomic E-state index is 0.0655. The number of hydrogen-bond acceptors (Lipinski definition) is 4. The van der Waals surface area contributed by atoms with Crippen molar-refractivity contribution in [3.05, 3.63) is 37.4 Å². The number of non-ortho nitro benzene ring substituents is 1. The van der Waals surface area contributed by atoms with E-state index in [2.05, 4.69) is 0 Å². The Kier molecular flexibility index (Phi) is 4.01. The van der Waals surface area contributed by atoms with Gasteiger partial charge in [-0.05, 0) is 34.6 Å². The molecule has 6 nitrogen and oxygen atoms in total. The molecule has 20 heavy (non-hydrogen) atoms. The van der Waals surface area contributed by atoms with Crippen LogP contribution in [0.1, 0.15) is 24.2 Å². The van der Waals surface area contributed by atoms with Gasteiger partial charge in [0.1, 0.15) is 5.60 Å². The molecule has 0 aliphatic carbocycles. The van der Waals surface area contributed by atoms with Gasteiger partial charge in [0.25, 0.3) is 11.6 Å². The second-order valence-corrected chi connectivity index (χ2v) is 6.50. The maximum atomic E-state index is 12.3. The predicted molar refractivity (Wildman–Crippen MR) is 81.5 cm³/mol. The molecular formula is C13H15IN2O4. The van der Waals surface area contributed by atoms with Crippen molar-refractivity contribution in [3.8, 4) is 0 Å². The van der Waals surface area contributed by atoms with Crippen LogP contribution in [0.25, 0.3) is 0 Å². The van der Waals surface area contributed by atoms with Crippen molar-refractivity contribution in [3.63, 3.8) is 0 Å². The lowest BCUT2D eigenvalue weighted by molar-refractivity contribution is -0.384. The Morgan fingerprint density at radius 3 is 2.60 bits per heavy atom. The fourth-order valence-electron chi connectivity index (χ4n) is 2.08. The topological polar surface area (TPSA) is 83.7 Å². The van der Waals surface area contributed by atoms with Crippen LogP contribution in [0, 0.1) is 19.6 Å². The van der Waals surface area contributed by atoms with E-state index in [1.807, 2.05) is 36.4 Å². The third kappa shape index (κ3) is 2.64. The zero-order chi connectivity index (χ0) is 15.1. The minimum atomic E-state index is -0.845. The van der Waals surface area contributed by atoms with Crippen LogP contribution < -0.4 is 0 Å². The molecule has 0 aromatic heterocycles. The van der Waals surface area contributed by atoms with Crippen molar-refractivity contribution in [1.29, 1.82) is 0 Å². The third-order valence-corrected chi connectivity index (χ3v) is 4.62. The third-order valence-electron chi connectivity index (χ3n) is 3.68. The Hall–Kier alpha value is -1.22. The number of likely N-dealkylation sites (tertiary alicyclic amines) is 1. The molecule has 0 unspecified atom stereocenters. The first-order chi connectivity index (χ1) is 9.24. The van der Waals surface area contributed by atoms with Crippen molar-refractivity contribution in [2.75, 3.05) is 13.1 Å². The van der Waals surface area contributed by atoms with E-state index >= 15 is 0 Å². The molecule has 1 N–H and O–H groups in total. The molecule has 0 radical (unpaired) electrons. The first-order valence-corrected chi connectivity index (χ1v) is 7.28. The number of nitrogens with zero attached hydrogens (tertiary/aromatic N) is 2. The Morgan fingerprint density at radius 2 is 2.10 bits per heavy atom. The van der Waals surface area contributed by atoms with Crippen LogP contribution in [-0.4, -0.2) is 39.5 Å². The van der Waals surface area contributed by atoms with Crippen molar-refractivity contribution in [2.45, 2.75) is 19.4 Å². The average Bonchev–Trinajstić information content (AvgIpc) is 2.34. The maximum absolute atomic E-state index is 12.3. The fourth-order valence-corrected chi connectivity index (χ4v) is 2.65. The zero-order valence-corrected chi connectivity index (χ0v) is 13.3. The monoisotopic (exact) mass is 390 g/mol. The van der Waals surface area contributed by atoms with E-state index in [0.29, 0.717) is 9.13 Å². The van der Waals surface area contributed by atoms with Crippen LogP contribution in [0.4, 0.5) is 5.69 Å². The van der Waals surface area contributed by atoms with E-state index in [4.69, 9.17) is 0 Å². The average molecular weight is 390 g/mol. The Morgan fingerprint density at radius 1 is 1.50 bits per heavy atom. The molecule has 1 fully saturated rings. The number of carbonyl (C=O) groups excluding carboxylic acids is 1. The van der Waals surface area contributed by atoms with Crippen LogP contribution in [0.3, 0.4) is 0 Å². The summed E-state index contributed by atoms with van der Waals surface area (Å²) in [4.78, 5) is 24.1. The van der Waals surface area contributed by atoms with Gasteiger partial charge in [-0.1, -0.05) is 13.8 Å². The van der Waals surface area contributed by atoms with Gasteiger partial charge >= 0.3 is 0 Å². The van der Waals surface area contributed by atoms with Gasteiger partial charge in [-0.15, -0.1) is 0 Å². The second kappa shape index (κ2) is 5.28. The van der Waals surface area contributed by atoms with E-state index < -0.39 is 10.5 Å². The molecule has 1 aromatic rings. The molecule has 1 aromatic carbocycles. The number of rotatable bonds is 3. The van der Waals surface area contributed by atoms with Crippen molar-refractivity contribution >= 4 is 34.2 Å². The number of benzene rings is 1. The molecule has 1 amide bonds. The highest BCUT2D eigenvalue weighted by molar-refractivity contribution is 14.1. The molecule has 1 aliphatic rings. The number of aliphatic hydroxyl groups is 1. The van der Waals surface area contributed by atoms with E-state index in [1.165, 1.54) is 17.0 Å². The van der Waals surface area contributed by atoms with E-state index in [1.54, 1.807) is 6.07 Å². The van der Waals surface area contributed by atoms with Crippen molar-refractivity contribution < 1.29 is 14.8 Å². The van der Waals surface area contributed by atoms with Gasteiger partial charge in [0, 0.05) is 15.7 Å². The van der Waals surface area contributed by atoms with Gasteiger partial charge in [0.15, 0.2) is 0 Å². The number of amides is 1. The quantitative estimate of drug-likeness (QED) is 0.487. The Labute approximate surface area is 130 Å². The fraction of sp³-hybridized carbons (Fsp3) is 0.462. The number of halogens is 1. The molecule has 1 saturated heterocycles. The summed E-state index contributed by atoms with van der Waals surface area (Å²) in [6.45, 7) is 4.34. The van der Waals surface area contributed by atoms with Crippen LogP contribution in [0.15, 0.2) is 18.2 Å². The number of nitro groups is 1. The normalized spacial score (nSPS) is 16.9. The lowest BCUT2D eigenvalue weighted by Crippen LogP contribution is -2.66. The molecule has 108 valence electrons. The lowest BCUT2D eigenvalue weighted by atomic mass is 9.82. The van der Waals surface area contributed by atoms with E-state index in [-0.39, 0.29) is 30.6 Å². The highest BCUT2D eigenvalue weighted by atomic mass is 127. The van der Waals surface area contributed by atoms with E-state index in [0.717, 1.165) is 0 Å². The molecule has 1 aliphatic heterocycles. The number of β-amino-alcohol motifs (C(OH)–C–C–N with tert-alkyl or cyclic N) is 1. The summed E-state index contributed by atoms with van der Waals surface area (Å²) in [6, 6.07) is 4.22. The summed E-state index contributed by atoms with van der Waals surface area (Å²) in [5, 5.41) is 20.9. The number of nitro benzene ring substituents is 1. The van der Waals surface area contributed by atoms with Gasteiger partial charge in [-0.2, -0.15) is 0 Å². The van der Waals surface area contributed by atoms with E-state index in [9.17, 15) is 20.0 Å². The van der Waals surface area contributed by atoms with Gasteiger partial charge in [-0.3, -0.25) is 14.9 Å². The molecule has 0 saturated carbocycles. The maximum Gasteiger partial charge on any atom is 0.270 e. The largest absolute Gasteiger partial charge is 0.386 e. The summed E-state index contributed by atoms with van der Waals surface area (Å²) in [5.74, 6) is -0.209. The van der Waals surface area contributed by atoms with Gasteiger partial charge < -0.3 is 10.0 Å². The molecule has 0 atom stereocenters. The molecule has 0 bridgehead atoms. The van der Waals surface area contributed by atoms with Crippen LogP contribution in [-0.2, 0) is 0 Å². The smallest absolute Gasteiger partial charge is 0.270 e. The summed E-state index contributed by atoms with van der Waals surface area (Å²) in [5.41, 5.74) is -0.638.